The van der Waals surface area contributed by atoms with Crippen molar-refractivity contribution >= 4 is 17.6 Å². The van der Waals surface area contributed by atoms with Gasteiger partial charge in [0.15, 0.2) is 5.78 Å². The Morgan fingerprint density at radius 2 is 1.71 bits per heavy atom. The number of hydrogen-bond donors (Lipinski definition) is 0. The van der Waals surface area contributed by atoms with Gasteiger partial charge in [0.2, 0.25) is 11.8 Å². The maximum atomic E-state index is 13.0. The largest absolute Gasteiger partial charge is 0.378 e. The van der Waals surface area contributed by atoms with Crippen LogP contribution in [0.2, 0.25) is 0 Å². The number of nitrogens with zero attached hydrogens (tertiary/aromatic N) is 2. The van der Waals surface area contributed by atoms with Gasteiger partial charge in [-0.3, -0.25) is 14.4 Å². The molecule has 150 valence electrons. The lowest BCUT2D eigenvalue weighted by atomic mass is 9.90. The number of carbonyl (C=O) groups is 3. The van der Waals surface area contributed by atoms with Gasteiger partial charge < -0.3 is 14.5 Å². The fraction of sp³-hybridized carbons (Fsp3) is 0.591. The number of likely N-dealkylation sites (tertiary alicyclic amines) is 1. The van der Waals surface area contributed by atoms with Gasteiger partial charge in [0.25, 0.3) is 0 Å². The first-order valence-corrected chi connectivity index (χ1v) is 10.4. The number of rotatable bonds is 4. The second-order valence-electron chi connectivity index (χ2n) is 8.07. The van der Waals surface area contributed by atoms with Crippen molar-refractivity contribution in [1.82, 2.24) is 9.80 Å². The molecule has 0 N–H and O–H groups in total. The van der Waals surface area contributed by atoms with Crippen LogP contribution in [0, 0.1) is 5.92 Å². The smallest absolute Gasteiger partial charge is 0.230 e. The van der Waals surface area contributed by atoms with Crippen LogP contribution in [0.3, 0.4) is 0 Å². The third-order valence-electron chi connectivity index (χ3n) is 6.38. The van der Waals surface area contributed by atoms with Gasteiger partial charge in [0, 0.05) is 44.6 Å². The summed E-state index contributed by atoms with van der Waals surface area (Å²) in [6, 6.07) is 7.48. The molecule has 2 amide bonds. The van der Waals surface area contributed by atoms with E-state index in [2.05, 4.69) is 0 Å². The summed E-state index contributed by atoms with van der Waals surface area (Å²) in [5.74, 6) is 0.559. The molecule has 2 aliphatic heterocycles. The average Bonchev–Trinajstić information content (AvgIpc) is 3.09. The first-order valence-electron chi connectivity index (χ1n) is 10.4. The third-order valence-corrected chi connectivity index (χ3v) is 6.38. The second-order valence-corrected chi connectivity index (χ2v) is 8.07. The normalized spacial score (nSPS) is 23.0. The summed E-state index contributed by atoms with van der Waals surface area (Å²) in [6.07, 6.45) is 3.65. The number of Topliss-reactive ketones (excluding diaryl/α,β-unsaturated/α-hetero) is 1. The first kappa shape index (κ1) is 19.1. The number of morpholine rings is 1. The predicted molar refractivity (Wildman–Crippen MR) is 104 cm³/mol. The van der Waals surface area contributed by atoms with Crippen molar-refractivity contribution in [3.8, 4) is 0 Å². The number of benzene rings is 1. The van der Waals surface area contributed by atoms with E-state index in [1.165, 1.54) is 0 Å². The average molecular weight is 384 g/mol. The topological polar surface area (TPSA) is 66.9 Å². The van der Waals surface area contributed by atoms with E-state index in [1.54, 1.807) is 0 Å². The van der Waals surface area contributed by atoms with Crippen LogP contribution in [0.5, 0.6) is 0 Å². The molecule has 1 aliphatic carbocycles. The predicted octanol–water partition coefficient (Wildman–Crippen LogP) is 2.23. The molecule has 2 saturated heterocycles. The fourth-order valence-electron chi connectivity index (χ4n) is 4.64. The first-order chi connectivity index (χ1) is 13.6. The number of hydrogen-bond acceptors (Lipinski definition) is 4. The van der Waals surface area contributed by atoms with E-state index in [1.807, 2.05) is 34.1 Å². The van der Waals surface area contributed by atoms with Crippen molar-refractivity contribution < 1.29 is 19.1 Å². The second kappa shape index (κ2) is 8.43. The molecule has 0 spiro atoms. The summed E-state index contributed by atoms with van der Waals surface area (Å²) in [5.41, 5.74) is 1.59. The van der Waals surface area contributed by atoms with Gasteiger partial charge in [0.1, 0.15) is 0 Å². The van der Waals surface area contributed by atoms with Crippen LogP contribution in [0.15, 0.2) is 24.3 Å². The van der Waals surface area contributed by atoms with Crippen LogP contribution in [0.4, 0.5) is 0 Å². The zero-order valence-corrected chi connectivity index (χ0v) is 16.3. The molecule has 1 aromatic rings. The van der Waals surface area contributed by atoms with Crippen LogP contribution < -0.4 is 0 Å². The highest BCUT2D eigenvalue weighted by Crippen LogP contribution is 2.35. The molecule has 3 aliphatic rings. The van der Waals surface area contributed by atoms with E-state index in [0.717, 1.165) is 37.9 Å². The van der Waals surface area contributed by atoms with Crippen molar-refractivity contribution in [2.24, 2.45) is 5.92 Å². The molecule has 28 heavy (non-hydrogen) atoms. The van der Waals surface area contributed by atoms with Gasteiger partial charge in [-0.05, 0) is 30.7 Å². The van der Waals surface area contributed by atoms with Crippen LogP contribution in [-0.2, 0) is 14.3 Å². The van der Waals surface area contributed by atoms with Crippen molar-refractivity contribution in [1.29, 1.82) is 0 Å². The summed E-state index contributed by atoms with van der Waals surface area (Å²) < 4.78 is 5.30. The summed E-state index contributed by atoms with van der Waals surface area (Å²) in [6.45, 7) is 4.13. The highest BCUT2D eigenvalue weighted by molar-refractivity contribution is 6.06. The Morgan fingerprint density at radius 3 is 2.46 bits per heavy atom. The standard InChI is InChI=1S/C22H28N2O4/c25-20-15-19(17-3-1-2-4-18(17)20)22(27)24-9-7-16(8-10-24)5-6-21(26)23-11-13-28-14-12-23/h1-4,16,19H,5-15H2. The number of fused-ring (bicyclic) bond motifs is 1. The molecule has 6 nitrogen and oxygen atoms in total. The Hall–Kier alpha value is -2.21. The lowest BCUT2D eigenvalue weighted by Gasteiger charge is -2.34. The van der Waals surface area contributed by atoms with Crippen molar-refractivity contribution in [3.63, 3.8) is 0 Å². The molecule has 0 radical (unpaired) electrons. The summed E-state index contributed by atoms with van der Waals surface area (Å²) in [5, 5.41) is 0. The Kier molecular flexibility index (Phi) is 5.76. The summed E-state index contributed by atoms with van der Waals surface area (Å²) >= 11 is 0. The number of piperidine rings is 1. The minimum absolute atomic E-state index is 0.0745. The monoisotopic (exact) mass is 384 g/mol. The van der Waals surface area contributed by atoms with Gasteiger partial charge in [-0.15, -0.1) is 0 Å². The molecule has 1 aromatic carbocycles. The summed E-state index contributed by atoms with van der Waals surface area (Å²) in [4.78, 5) is 41.3. The minimum Gasteiger partial charge on any atom is -0.378 e. The zero-order valence-electron chi connectivity index (χ0n) is 16.3. The lowest BCUT2D eigenvalue weighted by molar-refractivity contribution is -0.136. The molecule has 4 rings (SSSR count). The van der Waals surface area contributed by atoms with Crippen LogP contribution in [-0.4, -0.2) is 66.8 Å². The van der Waals surface area contributed by atoms with Gasteiger partial charge in [-0.2, -0.15) is 0 Å². The van der Waals surface area contributed by atoms with Gasteiger partial charge in [0.05, 0.1) is 19.1 Å². The van der Waals surface area contributed by atoms with Crippen molar-refractivity contribution in [3.05, 3.63) is 35.4 Å². The molecule has 2 fully saturated rings. The Bertz CT molecular complexity index is 749. The van der Waals surface area contributed by atoms with Gasteiger partial charge in [-0.1, -0.05) is 24.3 Å². The SMILES string of the molecule is O=C1CC(C(=O)N2CCC(CCC(=O)N3CCOCC3)CC2)c2ccccc21. The molecular formula is C22H28N2O4. The highest BCUT2D eigenvalue weighted by atomic mass is 16.5. The van der Waals surface area contributed by atoms with Crippen molar-refractivity contribution in [2.45, 2.75) is 38.0 Å². The van der Waals surface area contributed by atoms with E-state index in [0.29, 0.717) is 50.6 Å². The van der Waals surface area contributed by atoms with Gasteiger partial charge >= 0.3 is 0 Å². The van der Waals surface area contributed by atoms with E-state index in [9.17, 15) is 14.4 Å². The maximum Gasteiger partial charge on any atom is 0.230 e. The third kappa shape index (κ3) is 3.97. The number of amides is 2. The molecule has 0 aromatic heterocycles. The molecule has 1 unspecified atom stereocenters. The minimum atomic E-state index is -0.317. The van der Waals surface area contributed by atoms with Gasteiger partial charge in [-0.25, -0.2) is 0 Å². The van der Waals surface area contributed by atoms with E-state index in [4.69, 9.17) is 4.74 Å². The lowest BCUT2D eigenvalue weighted by Crippen LogP contribution is -2.42. The van der Waals surface area contributed by atoms with Crippen LogP contribution in [0.1, 0.15) is 53.9 Å². The van der Waals surface area contributed by atoms with E-state index >= 15 is 0 Å². The van der Waals surface area contributed by atoms with E-state index in [-0.39, 0.29) is 23.5 Å². The molecule has 0 saturated carbocycles. The highest BCUT2D eigenvalue weighted by Gasteiger charge is 2.37. The van der Waals surface area contributed by atoms with Crippen molar-refractivity contribution in [2.75, 3.05) is 39.4 Å². The van der Waals surface area contributed by atoms with Crippen LogP contribution >= 0.6 is 0 Å². The molecule has 2 heterocycles. The fourth-order valence-corrected chi connectivity index (χ4v) is 4.64. The summed E-state index contributed by atoms with van der Waals surface area (Å²) in [7, 11) is 0. The molecule has 0 bridgehead atoms. The molecule has 6 heteroatoms. The Balaban J connectivity index is 1.26. The Morgan fingerprint density at radius 1 is 1.00 bits per heavy atom. The Labute approximate surface area is 165 Å². The molecule has 1 atom stereocenters. The quantitative estimate of drug-likeness (QED) is 0.798. The number of carbonyl (C=O) groups excluding carboxylic acids is 3. The molecular weight excluding hydrogens is 356 g/mol. The maximum absolute atomic E-state index is 13.0. The number of ketones is 1. The van der Waals surface area contributed by atoms with E-state index < -0.39 is 0 Å². The number of ether oxygens (including phenoxy) is 1. The zero-order chi connectivity index (χ0) is 19.5. The van der Waals surface area contributed by atoms with Crippen LogP contribution in [0.25, 0.3) is 0 Å².